The Kier molecular flexibility index (Phi) is 14.7. The Morgan fingerprint density at radius 3 is 1.79 bits per heavy atom. The van der Waals surface area contributed by atoms with Crippen molar-refractivity contribution < 1.29 is 81.9 Å². The quantitative estimate of drug-likeness (QED) is 0.0495. The van der Waals surface area contributed by atoms with Gasteiger partial charge in [0.25, 0.3) is 26.1 Å². The summed E-state index contributed by atoms with van der Waals surface area (Å²) in [6.45, 7) is -2.37. The van der Waals surface area contributed by atoms with Gasteiger partial charge in [0.2, 0.25) is 0 Å². The molecule has 3 aromatic carbocycles. The fourth-order valence-electron chi connectivity index (χ4n) is 4.13. The Hall–Kier alpha value is -4.61. The minimum absolute atomic E-state index is 0.0807. The first-order valence-electron chi connectivity index (χ1n) is 14.7. The number of carbonyl (C=O) groups is 1. The van der Waals surface area contributed by atoms with E-state index in [0.29, 0.717) is 18.2 Å². The Bertz CT molecular complexity index is 2790. The number of nitrogens with zero attached hydrogens (tertiary/aromatic N) is 4. The number of nitrogens with two attached hydrogens (primary N) is 2. The van der Waals surface area contributed by atoms with Gasteiger partial charge in [-0.25, -0.2) is 25.2 Å². The standard InChI is InChI=1S/C25H29N7O19S6/c26-22-19(31-29-16-3-1-2-15(12-16)25(33)28-6-9-52(34,35)10-7-50-56(44,45)46)14-21(55(41,42)43)23(27)24(22)32-30-18-5-4-17(13-20(18)54(38,39)40)53(36,37)11-8-51-57(47,48)49/h1-5,12-14H,6-11,26-27H2,(H,28,33)(H,38,39,40)(H,41,42,43)(H,44,45,46)(H,47,48,49). The van der Waals surface area contributed by atoms with E-state index in [4.69, 9.17) is 20.6 Å². The van der Waals surface area contributed by atoms with Gasteiger partial charge in [-0.15, -0.1) is 15.3 Å². The first kappa shape index (κ1) is 46.8. The smallest absolute Gasteiger partial charge is 0.396 e. The molecule has 0 fully saturated rings. The molecule has 0 aliphatic carbocycles. The van der Waals surface area contributed by atoms with Crippen LogP contribution in [-0.4, -0.2) is 112 Å². The highest BCUT2D eigenvalue weighted by Gasteiger charge is 2.25. The first-order chi connectivity index (χ1) is 26.0. The summed E-state index contributed by atoms with van der Waals surface area (Å²) in [5.41, 5.74) is 8.26. The lowest BCUT2D eigenvalue weighted by Crippen LogP contribution is -2.30. The van der Waals surface area contributed by atoms with E-state index in [-0.39, 0.29) is 11.3 Å². The topological polar surface area (TPSA) is 435 Å². The maximum Gasteiger partial charge on any atom is 0.397 e. The van der Waals surface area contributed by atoms with Gasteiger partial charge in [0, 0.05) is 12.1 Å². The largest absolute Gasteiger partial charge is 0.397 e. The highest BCUT2D eigenvalue weighted by Crippen LogP contribution is 2.43. The fourth-order valence-corrected chi connectivity index (χ4v) is 8.35. The zero-order chi connectivity index (χ0) is 43.2. The van der Waals surface area contributed by atoms with Crippen molar-refractivity contribution in [3.63, 3.8) is 0 Å². The number of anilines is 2. The second-order valence-electron chi connectivity index (χ2n) is 10.8. The zero-order valence-electron chi connectivity index (χ0n) is 28.2. The number of benzene rings is 3. The molecule has 0 atom stereocenters. The lowest BCUT2D eigenvalue weighted by atomic mass is 10.2. The summed E-state index contributed by atoms with van der Waals surface area (Å²) in [6.07, 6.45) is 0. The monoisotopic (exact) mass is 923 g/mol. The highest BCUT2D eigenvalue weighted by molar-refractivity contribution is 7.92. The molecule has 26 nitrogen and oxygen atoms in total. The summed E-state index contributed by atoms with van der Waals surface area (Å²) in [5.74, 6) is -3.32. The molecule has 3 rings (SSSR count). The number of amides is 1. The molecule has 32 heteroatoms. The molecule has 0 aliphatic rings. The van der Waals surface area contributed by atoms with Crippen LogP contribution in [0.15, 0.2) is 83.7 Å². The number of nitrogen functional groups attached to an aromatic ring is 2. The molecule has 0 radical (unpaired) electrons. The van der Waals surface area contributed by atoms with E-state index in [1.807, 2.05) is 0 Å². The van der Waals surface area contributed by atoms with E-state index in [0.717, 1.165) is 12.1 Å². The zero-order valence-corrected chi connectivity index (χ0v) is 33.1. The Morgan fingerprint density at radius 2 is 1.21 bits per heavy atom. The van der Waals surface area contributed by atoms with Crippen molar-refractivity contribution in [2.45, 2.75) is 14.7 Å². The van der Waals surface area contributed by atoms with E-state index in [2.05, 4.69) is 34.1 Å². The third kappa shape index (κ3) is 14.4. The maximum absolute atomic E-state index is 12.6. The van der Waals surface area contributed by atoms with Gasteiger partial charge < -0.3 is 16.8 Å². The van der Waals surface area contributed by atoms with E-state index in [9.17, 15) is 64.4 Å². The lowest BCUT2D eigenvalue weighted by molar-refractivity contribution is 0.0956. The number of sulfone groups is 2. The molecule has 9 N–H and O–H groups in total. The molecule has 1 amide bonds. The number of rotatable bonds is 19. The summed E-state index contributed by atoms with van der Waals surface area (Å²) < 4.78 is 185. The predicted molar refractivity (Wildman–Crippen MR) is 194 cm³/mol. The van der Waals surface area contributed by atoms with Crippen LogP contribution in [0.1, 0.15) is 10.4 Å². The van der Waals surface area contributed by atoms with Crippen LogP contribution < -0.4 is 16.8 Å². The van der Waals surface area contributed by atoms with E-state index in [1.165, 1.54) is 18.2 Å². The Morgan fingerprint density at radius 1 is 0.632 bits per heavy atom. The van der Waals surface area contributed by atoms with Crippen LogP contribution in [0.3, 0.4) is 0 Å². The lowest BCUT2D eigenvalue weighted by Gasteiger charge is -2.11. The SMILES string of the molecule is Nc1c(N=Nc2cccc(C(=O)NCCS(=O)(=O)CCOS(=O)(=O)O)c2)cc(S(=O)(=O)O)c(N)c1N=Nc1ccc(S(=O)(=O)CCOS(=O)(=O)O)cc1S(=O)(=O)O. The van der Waals surface area contributed by atoms with Crippen molar-refractivity contribution in [1.29, 1.82) is 0 Å². The van der Waals surface area contributed by atoms with Crippen molar-refractivity contribution in [2.24, 2.45) is 20.5 Å². The molecule has 0 aliphatic heterocycles. The Balaban J connectivity index is 1.94. The van der Waals surface area contributed by atoms with Gasteiger partial charge in [0.1, 0.15) is 26.9 Å². The molecule has 3 aromatic rings. The molecular formula is C25H29N7O19S6. The maximum atomic E-state index is 12.6. The van der Waals surface area contributed by atoms with Crippen LogP contribution in [0.5, 0.6) is 0 Å². The third-order valence-electron chi connectivity index (χ3n) is 6.71. The van der Waals surface area contributed by atoms with Gasteiger partial charge in [0.05, 0.1) is 52.4 Å². The molecule has 0 bridgehead atoms. The van der Waals surface area contributed by atoms with Crippen molar-refractivity contribution in [3.05, 3.63) is 54.1 Å². The summed E-state index contributed by atoms with van der Waals surface area (Å²) >= 11 is 0. The molecule has 314 valence electrons. The van der Waals surface area contributed by atoms with Crippen LogP contribution >= 0.6 is 0 Å². The number of hydrogen-bond donors (Lipinski definition) is 7. The second-order valence-corrected chi connectivity index (χ2v) is 20.2. The molecule has 0 saturated heterocycles. The number of nitrogens with one attached hydrogen (secondary N) is 1. The van der Waals surface area contributed by atoms with Crippen LogP contribution in [-0.2, 0) is 69.1 Å². The number of hydrogen-bond acceptors (Lipinski definition) is 21. The van der Waals surface area contributed by atoms with Gasteiger partial charge in [-0.1, -0.05) is 6.07 Å². The normalized spacial score (nSPS) is 13.3. The Labute approximate surface area is 324 Å². The summed E-state index contributed by atoms with van der Waals surface area (Å²) in [5, 5.41) is 17.2. The highest BCUT2D eigenvalue weighted by atomic mass is 32.3. The molecule has 0 saturated carbocycles. The number of carbonyl (C=O) groups excluding carboxylic acids is 1. The third-order valence-corrected chi connectivity index (χ3v) is 12.7. The molecule has 0 heterocycles. The van der Waals surface area contributed by atoms with E-state index < -0.39 is 147 Å². The molecule has 0 unspecified atom stereocenters. The van der Waals surface area contributed by atoms with Gasteiger partial charge >= 0.3 is 20.8 Å². The number of azo groups is 2. The minimum atomic E-state index is -5.30. The van der Waals surface area contributed by atoms with E-state index >= 15 is 0 Å². The fraction of sp³-hybridized carbons (Fsp3) is 0.240. The van der Waals surface area contributed by atoms with Crippen LogP contribution in [0.2, 0.25) is 0 Å². The molecular weight excluding hydrogens is 895 g/mol. The van der Waals surface area contributed by atoms with Crippen LogP contribution in [0.25, 0.3) is 0 Å². The summed E-state index contributed by atoms with van der Waals surface area (Å²) in [7, 11) is -28.8. The van der Waals surface area contributed by atoms with Gasteiger partial charge in [-0.05, 0) is 42.5 Å². The average Bonchev–Trinajstić information content (AvgIpc) is 3.05. The summed E-state index contributed by atoms with van der Waals surface area (Å²) in [4.78, 5) is 9.61. The minimum Gasteiger partial charge on any atom is -0.396 e. The van der Waals surface area contributed by atoms with Gasteiger partial charge in [-0.2, -0.15) is 38.8 Å². The van der Waals surface area contributed by atoms with Crippen molar-refractivity contribution in [3.8, 4) is 0 Å². The molecule has 0 spiro atoms. The molecule has 0 aromatic heterocycles. The first-order valence-corrected chi connectivity index (χ1v) is 23.8. The van der Waals surface area contributed by atoms with Gasteiger partial charge in [-0.3, -0.25) is 23.0 Å². The van der Waals surface area contributed by atoms with Gasteiger partial charge in [0.15, 0.2) is 19.7 Å². The van der Waals surface area contributed by atoms with Crippen molar-refractivity contribution in [1.82, 2.24) is 5.32 Å². The van der Waals surface area contributed by atoms with Crippen molar-refractivity contribution in [2.75, 3.05) is 48.5 Å². The average molecular weight is 924 g/mol. The molecule has 57 heavy (non-hydrogen) atoms. The van der Waals surface area contributed by atoms with Crippen LogP contribution in [0, 0.1) is 0 Å². The van der Waals surface area contributed by atoms with Crippen molar-refractivity contribution >= 4 is 101 Å². The summed E-state index contributed by atoms with van der Waals surface area (Å²) in [6, 6.07) is 7.61. The predicted octanol–water partition coefficient (Wildman–Crippen LogP) is 0.732. The van der Waals surface area contributed by atoms with E-state index in [1.54, 1.807) is 0 Å². The van der Waals surface area contributed by atoms with Crippen LogP contribution in [0.4, 0.5) is 34.1 Å². The second kappa shape index (κ2) is 17.9.